The molecule has 1 aromatic carbocycles. The summed E-state index contributed by atoms with van der Waals surface area (Å²) in [6.07, 6.45) is 0. The molecule has 1 aromatic rings. The first kappa shape index (κ1) is 13.6. The first-order chi connectivity index (χ1) is 8.04. The van der Waals surface area contributed by atoms with E-state index in [1.165, 1.54) is 12.1 Å². The van der Waals surface area contributed by atoms with Gasteiger partial charge in [0.05, 0.1) is 12.2 Å². The molecule has 0 bridgehead atoms. The van der Waals surface area contributed by atoms with Crippen LogP contribution >= 0.6 is 0 Å². The third-order valence-electron chi connectivity index (χ3n) is 2.32. The van der Waals surface area contributed by atoms with Crippen molar-refractivity contribution in [1.82, 2.24) is 5.32 Å². The molecule has 0 spiro atoms. The number of benzene rings is 1. The highest BCUT2D eigenvalue weighted by Gasteiger charge is 2.14. The molecule has 0 aliphatic carbocycles. The fourth-order valence-electron chi connectivity index (χ4n) is 1.45. The van der Waals surface area contributed by atoms with Crippen molar-refractivity contribution in [2.24, 2.45) is 0 Å². The van der Waals surface area contributed by atoms with Gasteiger partial charge in [0, 0.05) is 12.6 Å². The molecule has 4 heteroatoms. The molecule has 1 N–H and O–H groups in total. The Kier molecular flexibility index (Phi) is 5.10. The summed E-state index contributed by atoms with van der Waals surface area (Å²) in [4.78, 5) is 11.8. The van der Waals surface area contributed by atoms with Crippen LogP contribution in [-0.2, 0) is 4.74 Å². The molecule has 1 amide bonds. The Morgan fingerprint density at radius 3 is 2.88 bits per heavy atom. The second-order valence-corrected chi connectivity index (χ2v) is 4.02. The highest BCUT2D eigenvalue weighted by molar-refractivity contribution is 5.94. The SMILES string of the molecule is CCOCC(C)NC(=O)c1cc(C)ccc1F. The van der Waals surface area contributed by atoms with E-state index in [2.05, 4.69) is 5.32 Å². The Bertz CT molecular complexity index is 393. The molecular weight excluding hydrogens is 221 g/mol. The van der Waals surface area contributed by atoms with Gasteiger partial charge in [-0.15, -0.1) is 0 Å². The van der Waals surface area contributed by atoms with Gasteiger partial charge in [-0.2, -0.15) is 0 Å². The molecule has 0 fully saturated rings. The summed E-state index contributed by atoms with van der Waals surface area (Å²) < 4.78 is 18.6. The second kappa shape index (κ2) is 6.35. The molecular formula is C13H18FNO2. The van der Waals surface area contributed by atoms with Gasteiger partial charge in [0.15, 0.2) is 0 Å². The maximum atomic E-state index is 13.4. The Morgan fingerprint density at radius 1 is 1.53 bits per heavy atom. The number of hydrogen-bond donors (Lipinski definition) is 1. The topological polar surface area (TPSA) is 38.3 Å². The van der Waals surface area contributed by atoms with Gasteiger partial charge >= 0.3 is 0 Å². The normalized spacial score (nSPS) is 12.2. The number of rotatable bonds is 5. The number of carbonyl (C=O) groups excluding carboxylic acids is 1. The number of carbonyl (C=O) groups is 1. The molecule has 0 aliphatic heterocycles. The monoisotopic (exact) mass is 239 g/mol. The summed E-state index contributed by atoms with van der Waals surface area (Å²) in [5, 5.41) is 2.70. The van der Waals surface area contributed by atoms with Crippen molar-refractivity contribution in [3.63, 3.8) is 0 Å². The minimum Gasteiger partial charge on any atom is -0.380 e. The minimum atomic E-state index is -0.503. The Hall–Kier alpha value is -1.42. The van der Waals surface area contributed by atoms with Crippen LogP contribution in [0.5, 0.6) is 0 Å². The Morgan fingerprint density at radius 2 is 2.24 bits per heavy atom. The number of ether oxygens (including phenoxy) is 1. The second-order valence-electron chi connectivity index (χ2n) is 4.02. The fraction of sp³-hybridized carbons (Fsp3) is 0.462. The lowest BCUT2D eigenvalue weighted by Crippen LogP contribution is -2.36. The van der Waals surface area contributed by atoms with E-state index in [9.17, 15) is 9.18 Å². The van der Waals surface area contributed by atoms with Gasteiger partial charge in [-0.25, -0.2) is 4.39 Å². The van der Waals surface area contributed by atoms with Crippen LogP contribution < -0.4 is 5.32 Å². The molecule has 1 atom stereocenters. The molecule has 0 saturated carbocycles. The van der Waals surface area contributed by atoms with Crippen LogP contribution in [0.15, 0.2) is 18.2 Å². The van der Waals surface area contributed by atoms with Crippen LogP contribution in [0.4, 0.5) is 4.39 Å². The highest BCUT2D eigenvalue weighted by Crippen LogP contribution is 2.10. The van der Waals surface area contributed by atoms with Crippen LogP contribution in [0, 0.1) is 12.7 Å². The first-order valence-corrected chi connectivity index (χ1v) is 5.69. The Balaban J connectivity index is 2.66. The smallest absolute Gasteiger partial charge is 0.254 e. The van der Waals surface area contributed by atoms with E-state index < -0.39 is 11.7 Å². The van der Waals surface area contributed by atoms with Crippen molar-refractivity contribution in [3.05, 3.63) is 35.1 Å². The molecule has 0 aromatic heterocycles. The van der Waals surface area contributed by atoms with Crippen molar-refractivity contribution in [1.29, 1.82) is 0 Å². The lowest BCUT2D eigenvalue weighted by atomic mass is 10.1. The van der Waals surface area contributed by atoms with E-state index >= 15 is 0 Å². The molecule has 3 nitrogen and oxygen atoms in total. The van der Waals surface area contributed by atoms with E-state index in [1.807, 2.05) is 20.8 Å². The van der Waals surface area contributed by atoms with Crippen LogP contribution in [-0.4, -0.2) is 25.2 Å². The summed E-state index contributed by atoms with van der Waals surface area (Å²) in [5.41, 5.74) is 0.933. The highest BCUT2D eigenvalue weighted by atomic mass is 19.1. The van der Waals surface area contributed by atoms with E-state index in [0.29, 0.717) is 13.2 Å². The lowest BCUT2D eigenvalue weighted by molar-refractivity contribution is 0.0868. The van der Waals surface area contributed by atoms with Gasteiger partial charge in [-0.3, -0.25) is 4.79 Å². The van der Waals surface area contributed by atoms with Gasteiger partial charge in [0.25, 0.3) is 5.91 Å². The maximum absolute atomic E-state index is 13.4. The standard InChI is InChI=1S/C13H18FNO2/c1-4-17-8-10(3)15-13(16)11-7-9(2)5-6-12(11)14/h5-7,10H,4,8H2,1-3H3,(H,15,16). The van der Waals surface area contributed by atoms with Crippen molar-refractivity contribution in [2.45, 2.75) is 26.8 Å². The molecule has 0 radical (unpaired) electrons. The average Bonchev–Trinajstić information content (AvgIpc) is 2.29. The van der Waals surface area contributed by atoms with Crippen LogP contribution in [0.25, 0.3) is 0 Å². The number of aryl methyl sites for hydroxylation is 1. The molecule has 1 rings (SSSR count). The summed E-state index contributed by atoms with van der Waals surface area (Å²) in [7, 11) is 0. The summed E-state index contributed by atoms with van der Waals surface area (Å²) in [6, 6.07) is 4.34. The molecule has 0 heterocycles. The molecule has 17 heavy (non-hydrogen) atoms. The molecule has 0 saturated heterocycles. The largest absolute Gasteiger partial charge is 0.380 e. The Labute approximate surface area is 101 Å². The van der Waals surface area contributed by atoms with Gasteiger partial charge in [0.2, 0.25) is 0 Å². The number of amides is 1. The van der Waals surface area contributed by atoms with Crippen molar-refractivity contribution in [3.8, 4) is 0 Å². The zero-order valence-electron chi connectivity index (χ0n) is 10.4. The lowest BCUT2D eigenvalue weighted by Gasteiger charge is -2.14. The van der Waals surface area contributed by atoms with Crippen molar-refractivity contribution >= 4 is 5.91 Å². The first-order valence-electron chi connectivity index (χ1n) is 5.69. The average molecular weight is 239 g/mol. The van der Waals surface area contributed by atoms with Crippen LogP contribution in [0.1, 0.15) is 29.8 Å². The van der Waals surface area contributed by atoms with Gasteiger partial charge in [-0.05, 0) is 32.9 Å². The van der Waals surface area contributed by atoms with Gasteiger partial charge in [-0.1, -0.05) is 11.6 Å². The van der Waals surface area contributed by atoms with E-state index in [-0.39, 0.29) is 11.6 Å². The van der Waals surface area contributed by atoms with E-state index in [4.69, 9.17) is 4.74 Å². The van der Waals surface area contributed by atoms with Gasteiger partial charge in [0.1, 0.15) is 5.82 Å². The summed E-state index contributed by atoms with van der Waals surface area (Å²) >= 11 is 0. The fourth-order valence-corrected chi connectivity index (χ4v) is 1.45. The quantitative estimate of drug-likeness (QED) is 0.856. The third-order valence-corrected chi connectivity index (χ3v) is 2.32. The zero-order chi connectivity index (χ0) is 12.8. The van der Waals surface area contributed by atoms with E-state index in [1.54, 1.807) is 6.07 Å². The van der Waals surface area contributed by atoms with Gasteiger partial charge < -0.3 is 10.1 Å². The summed E-state index contributed by atoms with van der Waals surface area (Å²) in [5.74, 6) is -0.907. The van der Waals surface area contributed by atoms with Crippen molar-refractivity contribution < 1.29 is 13.9 Å². The minimum absolute atomic E-state index is 0.0772. The summed E-state index contributed by atoms with van der Waals surface area (Å²) in [6.45, 7) is 6.55. The number of halogens is 1. The predicted octanol–water partition coefficient (Wildman–Crippen LogP) is 2.29. The molecule has 94 valence electrons. The van der Waals surface area contributed by atoms with E-state index in [0.717, 1.165) is 5.56 Å². The third kappa shape index (κ3) is 4.15. The molecule has 0 aliphatic rings. The zero-order valence-corrected chi connectivity index (χ0v) is 10.4. The number of nitrogens with one attached hydrogen (secondary N) is 1. The van der Waals surface area contributed by atoms with Crippen LogP contribution in [0.3, 0.4) is 0 Å². The molecule has 1 unspecified atom stereocenters. The predicted molar refractivity (Wildman–Crippen MR) is 64.6 cm³/mol. The number of hydrogen-bond acceptors (Lipinski definition) is 2. The van der Waals surface area contributed by atoms with Crippen LogP contribution in [0.2, 0.25) is 0 Å². The van der Waals surface area contributed by atoms with Crippen molar-refractivity contribution in [2.75, 3.05) is 13.2 Å². The maximum Gasteiger partial charge on any atom is 0.254 e.